The Morgan fingerprint density at radius 1 is 1.08 bits per heavy atom. The van der Waals surface area contributed by atoms with E-state index in [2.05, 4.69) is 43.4 Å². The van der Waals surface area contributed by atoms with Crippen molar-refractivity contribution in [2.75, 3.05) is 6.54 Å². The molecule has 0 bridgehead atoms. The van der Waals surface area contributed by atoms with Crippen molar-refractivity contribution in [3.05, 3.63) is 35.4 Å². The van der Waals surface area contributed by atoms with Gasteiger partial charge in [-0.05, 0) is 24.1 Å². The van der Waals surface area contributed by atoms with Crippen molar-refractivity contribution in [2.24, 2.45) is 0 Å². The Morgan fingerprint density at radius 3 is 2.33 bits per heavy atom. The molecule has 0 unspecified atom stereocenters. The maximum Gasteiger partial charge on any atom is 0.0208 e. The standard InChI is InChI=1S/C11H17N/c1-3-10-7-5-6-8-11(10)9-12-4-2/h5-8,12H,3-4,9H2,1-2H3. The van der Waals surface area contributed by atoms with E-state index < -0.39 is 0 Å². The highest BCUT2D eigenvalue weighted by Crippen LogP contribution is 2.08. The van der Waals surface area contributed by atoms with E-state index in [1.807, 2.05) is 0 Å². The van der Waals surface area contributed by atoms with E-state index in [0.29, 0.717) is 0 Å². The summed E-state index contributed by atoms with van der Waals surface area (Å²) in [6.07, 6.45) is 1.13. The minimum atomic E-state index is 1.00. The molecule has 0 heterocycles. The van der Waals surface area contributed by atoms with Gasteiger partial charge in [0.2, 0.25) is 0 Å². The number of hydrogen-bond acceptors (Lipinski definition) is 1. The van der Waals surface area contributed by atoms with Crippen molar-refractivity contribution in [2.45, 2.75) is 26.8 Å². The van der Waals surface area contributed by atoms with Crippen LogP contribution in [-0.4, -0.2) is 6.54 Å². The van der Waals surface area contributed by atoms with E-state index in [-0.39, 0.29) is 0 Å². The van der Waals surface area contributed by atoms with Gasteiger partial charge in [0.15, 0.2) is 0 Å². The molecule has 66 valence electrons. The van der Waals surface area contributed by atoms with Gasteiger partial charge in [0.25, 0.3) is 0 Å². The van der Waals surface area contributed by atoms with Crippen LogP contribution in [0.5, 0.6) is 0 Å². The Morgan fingerprint density at radius 2 is 1.75 bits per heavy atom. The monoisotopic (exact) mass is 163 g/mol. The van der Waals surface area contributed by atoms with Crippen molar-refractivity contribution < 1.29 is 0 Å². The van der Waals surface area contributed by atoms with Crippen LogP contribution in [0.15, 0.2) is 24.3 Å². The molecule has 0 saturated heterocycles. The third kappa shape index (κ3) is 2.35. The lowest BCUT2D eigenvalue weighted by atomic mass is 10.1. The molecule has 1 nitrogen and oxygen atoms in total. The molecule has 0 amide bonds. The van der Waals surface area contributed by atoms with E-state index in [4.69, 9.17) is 0 Å². The summed E-state index contributed by atoms with van der Waals surface area (Å²) in [4.78, 5) is 0. The van der Waals surface area contributed by atoms with E-state index in [9.17, 15) is 0 Å². The lowest BCUT2D eigenvalue weighted by Crippen LogP contribution is -2.12. The molecule has 0 radical (unpaired) electrons. The van der Waals surface area contributed by atoms with Crippen LogP contribution in [0.4, 0.5) is 0 Å². The number of rotatable bonds is 4. The maximum absolute atomic E-state index is 3.34. The average molecular weight is 163 g/mol. The molecule has 1 heteroatoms. The van der Waals surface area contributed by atoms with E-state index in [1.165, 1.54) is 11.1 Å². The zero-order valence-electron chi connectivity index (χ0n) is 7.93. The molecule has 0 fully saturated rings. The molecule has 12 heavy (non-hydrogen) atoms. The lowest BCUT2D eigenvalue weighted by Gasteiger charge is -2.06. The van der Waals surface area contributed by atoms with Gasteiger partial charge in [-0.3, -0.25) is 0 Å². The molecule has 1 aromatic rings. The average Bonchev–Trinajstić information content (AvgIpc) is 2.15. The van der Waals surface area contributed by atoms with Gasteiger partial charge in [-0.1, -0.05) is 38.1 Å². The highest BCUT2D eigenvalue weighted by molar-refractivity contribution is 5.26. The molecular formula is C11H17N. The Hall–Kier alpha value is -0.820. The predicted molar refractivity (Wildman–Crippen MR) is 53.2 cm³/mol. The van der Waals surface area contributed by atoms with Crippen molar-refractivity contribution in [3.63, 3.8) is 0 Å². The zero-order chi connectivity index (χ0) is 8.81. The number of nitrogens with one attached hydrogen (secondary N) is 1. The molecule has 0 spiro atoms. The van der Waals surface area contributed by atoms with Gasteiger partial charge in [0, 0.05) is 6.54 Å². The fourth-order valence-corrected chi connectivity index (χ4v) is 1.33. The van der Waals surface area contributed by atoms with Gasteiger partial charge < -0.3 is 5.32 Å². The van der Waals surface area contributed by atoms with Crippen LogP contribution in [0.2, 0.25) is 0 Å². The zero-order valence-corrected chi connectivity index (χ0v) is 7.93. The van der Waals surface area contributed by atoms with Crippen LogP contribution < -0.4 is 5.32 Å². The van der Waals surface area contributed by atoms with Crippen molar-refractivity contribution in [3.8, 4) is 0 Å². The van der Waals surface area contributed by atoms with Crippen LogP contribution in [0.25, 0.3) is 0 Å². The normalized spacial score (nSPS) is 10.2. The summed E-state index contributed by atoms with van der Waals surface area (Å²) >= 11 is 0. The topological polar surface area (TPSA) is 12.0 Å². The van der Waals surface area contributed by atoms with Crippen LogP contribution in [0.1, 0.15) is 25.0 Å². The maximum atomic E-state index is 3.34. The largest absolute Gasteiger partial charge is 0.313 e. The molecule has 0 aliphatic rings. The lowest BCUT2D eigenvalue weighted by molar-refractivity contribution is 0.720. The third-order valence-electron chi connectivity index (χ3n) is 2.06. The SMILES string of the molecule is CCNCc1ccccc1CC. The second kappa shape index (κ2) is 4.94. The summed E-state index contributed by atoms with van der Waals surface area (Å²) in [5.41, 5.74) is 2.89. The first-order chi connectivity index (χ1) is 5.88. The first kappa shape index (κ1) is 9.27. The molecule has 1 N–H and O–H groups in total. The molecule has 0 atom stereocenters. The summed E-state index contributed by atoms with van der Waals surface area (Å²) in [6, 6.07) is 8.61. The Balaban J connectivity index is 2.68. The smallest absolute Gasteiger partial charge is 0.0208 e. The van der Waals surface area contributed by atoms with Gasteiger partial charge in [0.05, 0.1) is 0 Å². The fraction of sp³-hybridized carbons (Fsp3) is 0.455. The van der Waals surface area contributed by atoms with Crippen LogP contribution in [0, 0.1) is 0 Å². The molecule has 0 aromatic heterocycles. The van der Waals surface area contributed by atoms with Gasteiger partial charge in [0.1, 0.15) is 0 Å². The summed E-state index contributed by atoms with van der Waals surface area (Å²) in [7, 11) is 0. The second-order valence-electron chi connectivity index (χ2n) is 2.90. The Kier molecular flexibility index (Phi) is 3.81. The molecular weight excluding hydrogens is 146 g/mol. The Labute approximate surface area is 74.8 Å². The van der Waals surface area contributed by atoms with E-state index in [0.717, 1.165) is 19.5 Å². The number of aryl methyl sites for hydroxylation is 1. The highest BCUT2D eigenvalue weighted by Gasteiger charge is 1.96. The van der Waals surface area contributed by atoms with Gasteiger partial charge in [-0.25, -0.2) is 0 Å². The van der Waals surface area contributed by atoms with Crippen LogP contribution in [-0.2, 0) is 13.0 Å². The molecule has 1 aromatic carbocycles. The summed E-state index contributed by atoms with van der Waals surface area (Å²) in [6.45, 7) is 6.37. The highest BCUT2D eigenvalue weighted by atomic mass is 14.8. The second-order valence-corrected chi connectivity index (χ2v) is 2.90. The van der Waals surface area contributed by atoms with E-state index in [1.54, 1.807) is 0 Å². The van der Waals surface area contributed by atoms with Gasteiger partial charge >= 0.3 is 0 Å². The summed E-state index contributed by atoms with van der Waals surface area (Å²) < 4.78 is 0. The minimum absolute atomic E-state index is 1.00. The van der Waals surface area contributed by atoms with Crippen LogP contribution in [0.3, 0.4) is 0 Å². The van der Waals surface area contributed by atoms with Crippen molar-refractivity contribution >= 4 is 0 Å². The molecule has 0 saturated carbocycles. The van der Waals surface area contributed by atoms with Crippen LogP contribution >= 0.6 is 0 Å². The van der Waals surface area contributed by atoms with E-state index >= 15 is 0 Å². The minimum Gasteiger partial charge on any atom is -0.313 e. The first-order valence-electron chi connectivity index (χ1n) is 4.66. The molecule has 1 rings (SSSR count). The van der Waals surface area contributed by atoms with Gasteiger partial charge in [-0.2, -0.15) is 0 Å². The number of benzene rings is 1. The van der Waals surface area contributed by atoms with Crippen molar-refractivity contribution in [1.29, 1.82) is 0 Å². The summed E-state index contributed by atoms with van der Waals surface area (Å²) in [5, 5.41) is 3.34. The fourth-order valence-electron chi connectivity index (χ4n) is 1.33. The summed E-state index contributed by atoms with van der Waals surface area (Å²) in [5.74, 6) is 0. The predicted octanol–water partition coefficient (Wildman–Crippen LogP) is 2.36. The quantitative estimate of drug-likeness (QED) is 0.718. The van der Waals surface area contributed by atoms with Crippen molar-refractivity contribution in [1.82, 2.24) is 5.32 Å². The van der Waals surface area contributed by atoms with Gasteiger partial charge in [-0.15, -0.1) is 0 Å². The first-order valence-corrected chi connectivity index (χ1v) is 4.66. The third-order valence-corrected chi connectivity index (χ3v) is 2.06. The molecule has 0 aliphatic heterocycles. The molecule has 0 aliphatic carbocycles. The number of hydrogen-bond donors (Lipinski definition) is 1. The Bertz CT molecular complexity index is 230.